The van der Waals surface area contributed by atoms with Crippen LogP contribution in [0.2, 0.25) is 0 Å². The second kappa shape index (κ2) is 9.20. The van der Waals surface area contributed by atoms with E-state index in [1.165, 1.54) is 67.1 Å². The third kappa shape index (κ3) is 5.98. The molecule has 1 atom stereocenters. The molecule has 0 aliphatic carbocycles. The number of alkyl halides is 3. The summed E-state index contributed by atoms with van der Waals surface area (Å²) in [6, 6.07) is 11.4. The van der Waals surface area contributed by atoms with E-state index in [-0.39, 0.29) is 11.4 Å². The van der Waals surface area contributed by atoms with Crippen LogP contribution in [0.1, 0.15) is 0 Å². The molecule has 2 heterocycles. The van der Waals surface area contributed by atoms with Gasteiger partial charge in [0.25, 0.3) is 12.1 Å². The lowest BCUT2D eigenvalue weighted by Gasteiger charge is -2.20. The van der Waals surface area contributed by atoms with Crippen LogP contribution in [-0.4, -0.2) is 34.2 Å². The Labute approximate surface area is 173 Å². The smallest absolute Gasteiger partial charge is 0.425 e. The van der Waals surface area contributed by atoms with Gasteiger partial charge >= 0.3 is 12.1 Å². The van der Waals surface area contributed by atoms with E-state index in [1.807, 2.05) is 0 Å². The van der Waals surface area contributed by atoms with E-state index >= 15 is 0 Å². The maximum absolute atomic E-state index is 13.0. The molecule has 0 radical (unpaired) electrons. The molecule has 7 nitrogen and oxygen atoms in total. The molecule has 0 bridgehead atoms. The van der Waals surface area contributed by atoms with Crippen molar-refractivity contribution < 1.29 is 31.9 Å². The van der Waals surface area contributed by atoms with Crippen molar-refractivity contribution in [3.8, 4) is 11.3 Å². The summed E-state index contributed by atoms with van der Waals surface area (Å²) in [7, 11) is 0. The minimum Gasteiger partial charge on any atom is -0.425 e. The first-order chi connectivity index (χ1) is 14.7. The molecule has 0 aliphatic rings. The van der Waals surface area contributed by atoms with Gasteiger partial charge in [0, 0.05) is 11.8 Å². The predicted octanol–water partition coefficient (Wildman–Crippen LogP) is 3.76. The second-order valence-corrected chi connectivity index (χ2v) is 6.10. The molecule has 0 fully saturated rings. The van der Waals surface area contributed by atoms with E-state index in [9.17, 15) is 27.2 Å². The number of esters is 1. The van der Waals surface area contributed by atoms with Gasteiger partial charge in [0.05, 0.1) is 29.5 Å². The lowest BCUT2D eigenvalue weighted by molar-refractivity contribution is -0.203. The zero-order valence-electron chi connectivity index (χ0n) is 15.6. The van der Waals surface area contributed by atoms with Crippen molar-refractivity contribution in [3.63, 3.8) is 0 Å². The van der Waals surface area contributed by atoms with Crippen molar-refractivity contribution in [2.75, 3.05) is 10.6 Å². The summed E-state index contributed by atoms with van der Waals surface area (Å²) in [6.07, 6.45) is -3.38. The fourth-order valence-electron chi connectivity index (χ4n) is 2.39. The van der Waals surface area contributed by atoms with Gasteiger partial charge < -0.3 is 15.4 Å². The Balaban J connectivity index is 1.77. The van der Waals surface area contributed by atoms with Gasteiger partial charge in [-0.05, 0) is 48.5 Å². The minimum atomic E-state index is -5.29. The maximum Gasteiger partial charge on any atom is 0.491 e. The molecule has 2 aromatic heterocycles. The van der Waals surface area contributed by atoms with Crippen molar-refractivity contribution >= 4 is 23.3 Å². The molecule has 31 heavy (non-hydrogen) atoms. The van der Waals surface area contributed by atoms with Crippen LogP contribution in [0.3, 0.4) is 0 Å². The molecule has 1 amide bonds. The summed E-state index contributed by atoms with van der Waals surface area (Å²) in [5, 5.41) is 4.69. The van der Waals surface area contributed by atoms with Gasteiger partial charge in [0.15, 0.2) is 0 Å². The highest BCUT2D eigenvalue weighted by molar-refractivity contribution is 5.96. The highest BCUT2D eigenvalue weighted by Crippen LogP contribution is 2.21. The number of benzene rings is 1. The Hall–Kier alpha value is -4.02. The molecule has 2 N–H and O–H groups in total. The van der Waals surface area contributed by atoms with E-state index in [0.29, 0.717) is 11.3 Å². The highest BCUT2D eigenvalue weighted by atomic mass is 19.4. The number of pyridine rings is 2. The van der Waals surface area contributed by atoms with Crippen LogP contribution in [0.4, 0.5) is 28.9 Å². The zero-order chi connectivity index (χ0) is 22.4. The summed E-state index contributed by atoms with van der Waals surface area (Å²) in [5.41, 5.74) is 1.34. The van der Waals surface area contributed by atoms with E-state index in [4.69, 9.17) is 0 Å². The van der Waals surface area contributed by atoms with E-state index < -0.39 is 30.1 Å². The number of nitrogens with one attached hydrogen (secondary N) is 2. The molecular weight excluding hydrogens is 420 g/mol. The van der Waals surface area contributed by atoms with Gasteiger partial charge in [0.2, 0.25) is 0 Å². The molecule has 0 spiro atoms. The second-order valence-electron chi connectivity index (χ2n) is 6.10. The topological polar surface area (TPSA) is 93.2 Å². The van der Waals surface area contributed by atoms with Crippen LogP contribution >= 0.6 is 0 Å². The molecule has 0 saturated heterocycles. The quantitative estimate of drug-likeness (QED) is 0.349. The lowest BCUT2D eigenvalue weighted by atomic mass is 10.1. The van der Waals surface area contributed by atoms with Crippen LogP contribution in [0.25, 0.3) is 11.3 Å². The maximum atomic E-state index is 13.0. The largest absolute Gasteiger partial charge is 0.491 e. The molecule has 3 rings (SSSR count). The number of hydrogen-bond acceptors (Lipinski definition) is 6. The Kier molecular flexibility index (Phi) is 6.43. The fourth-order valence-corrected chi connectivity index (χ4v) is 2.39. The standard InChI is InChI=1S/C20H14F4N4O3/c21-13-5-3-12(4-6-13)16-8-7-15(11-26-16)28-18(31-19(30)20(22,23)24)17(29)27-14-2-1-9-25-10-14/h1-11,18,28H,(H,27,29). The highest BCUT2D eigenvalue weighted by Gasteiger charge is 2.43. The number of hydrogen-bond donors (Lipinski definition) is 2. The number of rotatable bonds is 6. The van der Waals surface area contributed by atoms with E-state index in [2.05, 4.69) is 25.3 Å². The Morgan fingerprint density at radius 3 is 2.29 bits per heavy atom. The average Bonchev–Trinajstić information content (AvgIpc) is 2.74. The lowest BCUT2D eigenvalue weighted by Crippen LogP contribution is -2.42. The van der Waals surface area contributed by atoms with Gasteiger partial charge in [0.1, 0.15) is 5.82 Å². The van der Waals surface area contributed by atoms with Gasteiger partial charge in [-0.25, -0.2) is 9.18 Å². The minimum absolute atomic E-state index is 0.104. The van der Waals surface area contributed by atoms with Crippen molar-refractivity contribution in [2.24, 2.45) is 0 Å². The molecule has 3 aromatic rings. The van der Waals surface area contributed by atoms with E-state index in [0.717, 1.165) is 0 Å². The summed E-state index contributed by atoms with van der Waals surface area (Å²) >= 11 is 0. The van der Waals surface area contributed by atoms with Crippen LogP contribution in [-0.2, 0) is 14.3 Å². The predicted molar refractivity (Wildman–Crippen MR) is 102 cm³/mol. The molecular formula is C20H14F4N4O3. The first kappa shape index (κ1) is 21.7. The van der Waals surface area contributed by atoms with Crippen molar-refractivity contribution in [1.82, 2.24) is 9.97 Å². The fraction of sp³-hybridized carbons (Fsp3) is 0.100. The van der Waals surface area contributed by atoms with Gasteiger partial charge in [-0.15, -0.1) is 0 Å². The zero-order valence-corrected chi connectivity index (χ0v) is 15.6. The van der Waals surface area contributed by atoms with Crippen LogP contribution in [0, 0.1) is 5.82 Å². The molecule has 11 heteroatoms. The summed E-state index contributed by atoms with van der Waals surface area (Å²) in [4.78, 5) is 31.5. The number of carbonyl (C=O) groups is 2. The SMILES string of the molecule is O=C(Nc1cccnc1)C(Nc1ccc(-c2ccc(F)cc2)nc1)OC(=O)C(F)(F)F. The Morgan fingerprint density at radius 1 is 0.968 bits per heavy atom. The first-order valence-electron chi connectivity index (χ1n) is 8.69. The summed E-state index contributed by atoms with van der Waals surface area (Å²) in [5.74, 6) is -4.02. The third-order valence-corrected chi connectivity index (χ3v) is 3.82. The van der Waals surface area contributed by atoms with Crippen molar-refractivity contribution in [2.45, 2.75) is 12.4 Å². The normalized spacial score (nSPS) is 12.0. The van der Waals surface area contributed by atoms with Gasteiger partial charge in [-0.1, -0.05) is 0 Å². The first-order valence-corrected chi connectivity index (χ1v) is 8.69. The van der Waals surface area contributed by atoms with Crippen LogP contribution in [0.5, 0.6) is 0 Å². The summed E-state index contributed by atoms with van der Waals surface area (Å²) in [6.45, 7) is 0. The van der Waals surface area contributed by atoms with Crippen LogP contribution in [0.15, 0.2) is 67.1 Å². The molecule has 0 saturated carbocycles. The van der Waals surface area contributed by atoms with Gasteiger partial charge in [-0.2, -0.15) is 13.2 Å². The summed E-state index contributed by atoms with van der Waals surface area (Å²) < 4.78 is 55.2. The number of carbonyl (C=O) groups excluding carboxylic acids is 2. The Morgan fingerprint density at radius 2 is 1.71 bits per heavy atom. The number of ether oxygens (including phenoxy) is 1. The average molecular weight is 434 g/mol. The van der Waals surface area contributed by atoms with Crippen molar-refractivity contribution in [1.29, 1.82) is 0 Å². The monoisotopic (exact) mass is 434 g/mol. The third-order valence-electron chi connectivity index (χ3n) is 3.82. The number of halogens is 4. The molecule has 0 aliphatic heterocycles. The molecule has 1 unspecified atom stereocenters. The van der Waals surface area contributed by atoms with Gasteiger partial charge in [-0.3, -0.25) is 14.8 Å². The molecule has 1 aromatic carbocycles. The van der Waals surface area contributed by atoms with Crippen molar-refractivity contribution in [3.05, 3.63) is 72.9 Å². The number of anilines is 2. The number of nitrogens with zero attached hydrogens (tertiary/aromatic N) is 2. The Bertz CT molecular complexity index is 1040. The van der Waals surface area contributed by atoms with Crippen LogP contribution < -0.4 is 10.6 Å². The van der Waals surface area contributed by atoms with E-state index in [1.54, 1.807) is 0 Å². The number of aromatic nitrogens is 2. The molecule has 160 valence electrons. The number of amides is 1.